The maximum absolute atomic E-state index is 12.7. The molecule has 2 aliphatic rings. The Balaban J connectivity index is 1.79. The molecule has 4 rings (SSSR count). The Morgan fingerprint density at radius 2 is 1.63 bits per heavy atom. The lowest BCUT2D eigenvalue weighted by atomic mass is 9.76. The third kappa shape index (κ3) is 4.59. The number of rotatable bonds is 5. The summed E-state index contributed by atoms with van der Waals surface area (Å²) in [6, 6.07) is 7.96. The number of hydrogen-bond acceptors (Lipinski definition) is 8. The highest BCUT2D eigenvalue weighted by Crippen LogP contribution is 2.56. The van der Waals surface area contributed by atoms with E-state index in [9.17, 15) is 19.7 Å². The number of non-ortho nitro benzene ring substituents is 1. The maximum Gasteiger partial charge on any atom is 0.327 e. The van der Waals surface area contributed by atoms with E-state index in [1.807, 2.05) is 44.0 Å². The van der Waals surface area contributed by atoms with E-state index in [1.54, 1.807) is 39.8 Å². The maximum atomic E-state index is 12.7. The molecular formula is C27H28Br2N2O7. The van der Waals surface area contributed by atoms with E-state index >= 15 is 0 Å². The van der Waals surface area contributed by atoms with Crippen LogP contribution in [0.5, 0.6) is 17.2 Å². The lowest BCUT2D eigenvalue weighted by molar-refractivity contribution is -0.385. The van der Waals surface area contributed by atoms with Gasteiger partial charge in [0.15, 0.2) is 11.5 Å². The number of carbonyl (C=O) groups is 2. The molecule has 2 aromatic rings. The molecule has 1 spiro atoms. The third-order valence-corrected chi connectivity index (χ3v) is 7.45. The predicted molar refractivity (Wildman–Crippen MR) is 151 cm³/mol. The topological polar surface area (TPSA) is 108 Å². The highest BCUT2D eigenvalue weighted by Gasteiger charge is 2.58. The number of likely N-dealkylation sites (N-methyl/N-ethyl adjacent to an activating group) is 1. The van der Waals surface area contributed by atoms with Gasteiger partial charge in [0.25, 0.3) is 5.69 Å². The Morgan fingerprint density at radius 3 is 2.21 bits per heavy atom. The van der Waals surface area contributed by atoms with Gasteiger partial charge in [-0.25, -0.2) is 0 Å². The molecule has 0 aromatic heterocycles. The zero-order valence-corrected chi connectivity index (χ0v) is 25.2. The van der Waals surface area contributed by atoms with E-state index in [0.29, 0.717) is 11.3 Å². The van der Waals surface area contributed by atoms with E-state index in [1.165, 1.54) is 12.1 Å². The number of alkyl halides is 2. The predicted octanol–water partition coefficient (Wildman–Crippen LogP) is 6.28. The second-order valence-corrected chi connectivity index (χ2v) is 14.8. The zero-order valence-electron chi connectivity index (χ0n) is 22.0. The summed E-state index contributed by atoms with van der Waals surface area (Å²) in [5.74, 6) is -0.504. The van der Waals surface area contributed by atoms with Gasteiger partial charge in [-0.15, -0.1) is 0 Å². The van der Waals surface area contributed by atoms with Gasteiger partial charge in [-0.2, -0.15) is 0 Å². The van der Waals surface area contributed by atoms with Crippen molar-refractivity contribution >= 4 is 61.2 Å². The molecule has 0 amide bonds. The third-order valence-electron chi connectivity index (χ3n) is 6.81. The molecule has 0 bridgehead atoms. The number of carbonyl (C=O) groups excluding carboxylic acids is 2. The van der Waals surface area contributed by atoms with Crippen LogP contribution < -0.4 is 19.1 Å². The number of hydrogen-bond donors (Lipinski definition) is 0. The molecule has 2 aliphatic heterocycles. The van der Waals surface area contributed by atoms with Crippen molar-refractivity contribution in [3.63, 3.8) is 0 Å². The fraction of sp³-hybridized carbons (Fsp3) is 0.407. The fourth-order valence-electron chi connectivity index (χ4n) is 4.54. The van der Waals surface area contributed by atoms with E-state index in [0.717, 1.165) is 11.3 Å². The first kappa shape index (κ1) is 28.1. The largest absolute Gasteiger partial charge is 0.459 e. The molecule has 38 heavy (non-hydrogen) atoms. The second-order valence-electron chi connectivity index (χ2n) is 10.8. The minimum atomic E-state index is -1.08. The molecule has 0 fully saturated rings. The summed E-state index contributed by atoms with van der Waals surface area (Å²) in [5, 5.41) is 11.6. The molecule has 1 unspecified atom stereocenters. The molecule has 0 saturated heterocycles. The molecule has 2 aromatic carbocycles. The summed E-state index contributed by atoms with van der Waals surface area (Å²) in [7, 11) is 1.87. The molecule has 0 radical (unpaired) electrons. The van der Waals surface area contributed by atoms with Crippen LogP contribution in [0.3, 0.4) is 0 Å². The van der Waals surface area contributed by atoms with Crippen LogP contribution >= 0.6 is 31.9 Å². The van der Waals surface area contributed by atoms with Crippen LogP contribution in [0.4, 0.5) is 11.4 Å². The summed E-state index contributed by atoms with van der Waals surface area (Å²) in [4.78, 5) is 38.2. The Hall–Kier alpha value is -2.92. The number of nitro groups is 1. The zero-order chi connectivity index (χ0) is 28.4. The smallest absolute Gasteiger partial charge is 0.327 e. The fourth-order valence-corrected chi connectivity index (χ4v) is 4.71. The van der Waals surface area contributed by atoms with Gasteiger partial charge in [0.05, 0.1) is 16.4 Å². The van der Waals surface area contributed by atoms with Gasteiger partial charge in [0.2, 0.25) is 5.72 Å². The number of nitrogens with zero attached hydrogens (tertiary/aromatic N) is 2. The van der Waals surface area contributed by atoms with Crippen molar-refractivity contribution < 1.29 is 28.7 Å². The number of fused-ring (bicyclic) bond motifs is 2. The summed E-state index contributed by atoms with van der Waals surface area (Å²) >= 11 is 6.60. The van der Waals surface area contributed by atoms with E-state index < -0.39 is 36.7 Å². The monoisotopic (exact) mass is 650 g/mol. The minimum absolute atomic E-state index is 0.0511. The molecule has 2 heterocycles. The van der Waals surface area contributed by atoms with Gasteiger partial charge >= 0.3 is 11.9 Å². The standard InChI is InChI=1S/C27H28Br2N2O7/c1-24(2)18-14-17(36-22(32)25(3,4)28)8-9-19(18)30(7)27(24)11-10-15-12-16(31(34)35)13-20(21(15)38-27)37-23(33)26(5,6)29/h8-14H,1-7H3. The number of ether oxygens (including phenoxy) is 3. The van der Waals surface area contributed by atoms with Crippen LogP contribution in [0, 0.1) is 10.1 Å². The van der Waals surface area contributed by atoms with Crippen molar-refractivity contribution in [3.8, 4) is 17.2 Å². The van der Waals surface area contributed by atoms with E-state index in [2.05, 4.69) is 31.9 Å². The van der Waals surface area contributed by atoms with Crippen LogP contribution in [0.15, 0.2) is 36.4 Å². The number of esters is 2. The quantitative estimate of drug-likeness (QED) is 0.122. The van der Waals surface area contributed by atoms with Crippen molar-refractivity contribution in [3.05, 3.63) is 57.6 Å². The van der Waals surface area contributed by atoms with Crippen molar-refractivity contribution in [2.75, 3.05) is 11.9 Å². The number of benzene rings is 2. The first-order valence-electron chi connectivity index (χ1n) is 11.8. The number of anilines is 1. The van der Waals surface area contributed by atoms with Gasteiger partial charge in [0.1, 0.15) is 14.4 Å². The number of nitro benzene ring substituents is 1. The van der Waals surface area contributed by atoms with Gasteiger partial charge in [-0.05, 0) is 77.5 Å². The van der Waals surface area contributed by atoms with Crippen LogP contribution in [-0.2, 0) is 15.0 Å². The Kier molecular flexibility index (Phi) is 6.72. The molecular weight excluding hydrogens is 624 g/mol. The summed E-state index contributed by atoms with van der Waals surface area (Å²) < 4.78 is 16.0. The molecule has 202 valence electrons. The molecule has 9 nitrogen and oxygen atoms in total. The van der Waals surface area contributed by atoms with Crippen LogP contribution in [-0.4, -0.2) is 38.3 Å². The van der Waals surface area contributed by atoms with Gasteiger partial charge in [-0.3, -0.25) is 19.7 Å². The van der Waals surface area contributed by atoms with Crippen LogP contribution in [0.25, 0.3) is 6.08 Å². The minimum Gasteiger partial charge on any atom is -0.459 e. The number of halogens is 2. The first-order chi connectivity index (χ1) is 17.4. The van der Waals surface area contributed by atoms with Gasteiger partial charge in [0, 0.05) is 24.4 Å². The van der Waals surface area contributed by atoms with E-state index in [4.69, 9.17) is 14.2 Å². The van der Waals surface area contributed by atoms with Crippen molar-refractivity contribution in [2.24, 2.45) is 0 Å². The molecule has 1 atom stereocenters. The highest BCUT2D eigenvalue weighted by molar-refractivity contribution is 9.10. The molecule has 0 saturated carbocycles. The van der Waals surface area contributed by atoms with Crippen LogP contribution in [0.2, 0.25) is 0 Å². The van der Waals surface area contributed by atoms with Crippen molar-refractivity contribution in [1.82, 2.24) is 0 Å². The Labute approximate surface area is 237 Å². The average molecular weight is 652 g/mol. The highest BCUT2D eigenvalue weighted by atomic mass is 79.9. The van der Waals surface area contributed by atoms with Crippen molar-refractivity contribution in [2.45, 2.75) is 61.3 Å². The second kappa shape index (κ2) is 9.08. The molecule has 11 heteroatoms. The SMILES string of the molecule is CN1c2ccc(OC(=O)C(C)(C)Br)cc2C(C)(C)C12C=Cc1cc([N+](=O)[O-])cc(OC(=O)C(C)(C)Br)c1O2. The van der Waals surface area contributed by atoms with Crippen LogP contribution in [0.1, 0.15) is 52.7 Å². The normalized spacial score (nSPS) is 19.4. The van der Waals surface area contributed by atoms with Gasteiger partial charge in [-0.1, -0.05) is 31.9 Å². The Bertz CT molecular complexity index is 1390. The average Bonchev–Trinajstić information content (AvgIpc) is 2.96. The molecule has 0 aliphatic carbocycles. The van der Waals surface area contributed by atoms with E-state index in [-0.39, 0.29) is 17.2 Å². The first-order valence-corrected chi connectivity index (χ1v) is 13.4. The summed E-state index contributed by atoms with van der Waals surface area (Å²) in [6.07, 6.45) is 3.58. The summed E-state index contributed by atoms with van der Waals surface area (Å²) in [6.45, 7) is 10.6. The van der Waals surface area contributed by atoms with Gasteiger partial charge < -0.3 is 19.1 Å². The van der Waals surface area contributed by atoms with Crippen molar-refractivity contribution in [1.29, 1.82) is 0 Å². The lowest BCUT2D eigenvalue weighted by Crippen LogP contribution is -2.58. The lowest BCUT2D eigenvalue weighted by Gasteiger charge is -2.45. The Morgan fingerprint density at radius 1 is 1.03 bits per heavy atom. The molecule has 0 N–H and O–H groups in total. The summed E-state index contributed by atoms with van der Waals surface area (Å²) in [5.41, 5.74) is 0.118.